The van der Waals surface area contributed by atoms with Crippen molar-refractivity contribution in [1.82, 2.24) is 0 Å². The highest BCUT2D eigenvalue weighted by Gasteiger charge is 2.26. The first kappa shape index (κ1) is 22.3. The molecule has 2 nitrogen and oxygen atoms in total. The Hall–Kier alpha value is -1.96. The van der Waals surface area contributed by atoms with Crippen LogP contribution in [0.2, 0.25) is 0 Å². The number of hydrogen-bond donors (Lipinski definition) is 2. The van der Waals surface area contributed by atoms with Crippen LogP contribution in [0.1, 0.15) is 103 Å². The van der Waals surface area contributed by atoms with Crippen LogP contribution in [0.4, 0.5) is 0 Å². The van der Waals surface area contributed by atoms with E-state index in [9.17, 15) is 10.2 Å². The topological polar surface area (TPSA) is 40.5 Å². The second-order valence-electron chi connectivity index (χ2n) is 10.7. The number of phenols is 2. The third kappa shape index (κ3) is 4.37. The molecule has 2 N–H and O–H groups in total. The average Bonchev–Trinajstić information content (AvgIpc) is 2.52. The molecule has 0 saturated heterocycles. The zero-order chi connectivity index (χ0) is 21.6. The van der Waals surface area contributed by atoms with Gasteiger partial charge in [0.25, 0.3) is 0 Å². The van der Waals surface area contributed by atoms with Crippen molar-refractivity contribution < 1.29 is 10.2 Å². The maximum atomic E-state index is 10.9. The molecule has 0 aliphatic heterocycles. The molecule has 0 saturated carbocycles. The summed E-state index contributed by atoms with van der Waals surface area (Å²) in [7, 11) is 0. The van der Waals surface area contributed by atoms with Crippen LogP contribution in [0.5, 0.6) is 11.5 Å². The van der Waals surface area contributed by atoms with Crippen LogP contribution >= 0.6 is 0 Å². The molecule has 0 aliphatic carbocycles. The van der Waals surface area contributed by atoms with Crippen molar-refractivity contribution in [3.8, 4) is 22.6 Å². The fraction of sp³-hybridized carbons (Fsp3) is 0.538. The van der Waals surface area contributed by atoms with E-state index in [1.807, 2.05) is 0 Å². The summed E-state index contributed by atoms with van der Waals surface area (Å²) in [6, 6.07) is 8.45. The van der Waals surface area contributed by atoms with Gasteiger partial charge >= 0.3 is 0 Å². The summed E-state index contributed by atoms with van der Waals surface area (Å²) < 4.78 is 0. The van der Waals surface area contributed by atoms with Crippen LogP contribution in [0.3, 0.4) is 0 Å². The van der Waals surface area contributed by atoms with E-state index in [4.69, 9.17) is 0 Å². The highest BCUT2D eigenvalue weighted by atomic mass is 16.3. The van der Waals surface area contributed by atoms with Crippen LogP contribution < -0.4 is 0 Å². The lowest BCUT2D eigenvalue weighted by Gasteiger charge is -2.27. The maximum absolute atomic E-state index is 10.9. The van der Waals surface area contributed by atoms with Gasteiger partial charge in [-0.3, -0.25) is 0 Å². The first-order chi connectivity index (χ1) is 12.6. The van der Waals surface area contributed by atoms with E-state index < -0.39 is 0 Å². The van der Waals surface area contributed by atoms with E-state index in [0.717, 1.165) is 33.4 Å². The third-order valence-corrected chi connectivity index (χ3v) is 5.47. The molecule has 154 valence electrons. The number of rotatable bonds is 3. The van der Waals surface area contributed by atoms with Crippen molar-refractivity contribution in [3.63, 3.8) is 0 Å². The molecule has 0 radical (unpaired) electrons. The minimum atomic E-state index is -0.158. The third-order valence-electron chi connectivity index (χ3n) is 5.47. The zero-order valence-corrected chi connectivity index (χ0v) is 19.4. The molecule has 0 spiro atoms. The molecular weight excluding hydrogens is 344 g/mol. The zero-order valence-electron chi connectivity index (χ0n) is 19.4. The molecule has 28 heavy (non-hydrogen) atoms. The summed E-state index contributed by atoms with van der Waals surface area (Å²) in [5.74, 6) is 1.27. The van der Waals surface area contributed by atoms with E-state index in [-0.39, 0.29) is 22.7 Å². The van der Waals surface area contributed by atoms with Crippen LogP contribution in [0.15, 0.2) is 24.3 Å². The monoisotopic (exact) mass is 382 g/mol. The van der Waals surface area contributed by atoms with Crippen LogP contribution in [0, 0.1) is 0 Å². The Kier molecular flexibility index (Phi) is 5.95. The van der Waals surface area contributed by atoms with Gasteiger partial charge in [0.2, 0.25) is 0 Å². The van der Waals surface area contributed by atoms with Gasteiger partial charge in [0.15, 0.2) is 0 Å². The van der Waals surface area contributed by atoms with Crippen molar-refractivity contribution >= 4 is 0 Å². The lowest BCUT2D eigenvalue weighted by Crippen LogP contribution is -2.14. The van der Waals surface area contributed by atoms with Crippen molar-refractivity contribution in [2.75, 3.05) is 0 Å². The molecule has 2 rings (SSSR count). The van der Waals surface area contributed by atoms with Gasteiger partial charge in [-0.25, -0.2) is 0 Å². The van der Waals surface area contributed by atoms with Gasteiger partial charge in [0.05, 0.1) is 0 Å². The summed E-state index contributed by atoms with van der Waals surface area (Å²) in [5, 5.41) is 21.8. The molecule has 2 aromatic carbocycles. The molecule has 0 aliphatic rings. The largest absolute Gasteiger partial charge is 0.507 e. The summed E-state index contributed by atoms with van der Waals surface area (Å²) in [4.78, 5) is 0. The standard InChI is InChI=1S/C26H38O2/c1-15(2)19-11-17(13-21(23(19)27)25(5,6)7)18-12-20(16(3)4)24(28)22(14-18)26(8,9)10/h11-16,27-28H,1-10H3. The van der Waals surface area contributed by atoms with Gasteiger partial charge in [-0.2, -0.15) is 0 Å². The Morgan fingerprint density at radius 2 is 0.857 bits per heavy atom. The van der Waals surface area contributed by atoms with Crippen molar-refractivity contribution in [2.24, 2.45) is 0 Å². The van der Waals surface area contributed by atoms with Gasteiger partial charge in [-0.05, 0) is 69.2 Å². The van der Waals surface area contributed by atoms with E-state index >= 15 is 0 Å². The lowest BCUT2D eigenvalue weighted by molar-refractivity contribution is 0.436. The molecule has 0 heterocycles. The number of benzene rings is 2. The molecular formula is C26H38O2. The Bertz CT molecular complexity index is 786. The smallest absolute Gasteiger partial charge is 0.122 e. The lowest BCUT2D eigenvalue weighted by atomic mass is 9.79. The average molecular weight is 383 g/mol. The van der Waals surface area contributed by atoms with E-state index in [1.54, 1.807) is 0 Å². The predicted octanol–water partition coefficient (Wildman–Crippen LogP) is 7.61. The first-order valence-corrected chi connectivity index (χ1v) is 10.4. The van der Waals surface area contributed by atoms with E-state index in [0.29, 0.717) is 11.5 Å². The maximum Gasteiger partial charge on any atom is 0.122 e. The molecule has 0 bridgehead atoms. The molecule has 0 aromatic heterocycles. The Balaban J connectivity index is 2.88. The number of hydrogen-bond acceptors (Lipinski definition) is 2. The second-order valence-corrected chi connectivity index (χ2v) is 10.7. The van der Waals surface area contributed by atoms with E-state index in [2.05, 4.69) is 93.5 Å². The fourth-order valence-corrected chi connectivity index (χ4v) is 3.67. The summed E-state index contributed by atoms with van der Waals surface area (Å²) >= 11 is 0. The quantitative estimate of drug-likeness (QED) is 0.573. The molecule has 0 fully saturated rings. The van der Waals surface area contributed by atoms with Crippen LogP contribution in [-0.4, -0.2) is 10.2 Å². The van der Waals surface area contributed by atoms with Crippen molar-refractivity contribution in [1.29, 1.82) is 0 Å². The fourth-order valence-electron chi connectivity index (χ4n) is 3.67. The van der Waals surface area contributed by atoms with Gasteiger partial charge < -0.3 is 10.2 Å². The van der Waals surface area contributed by atoms with Gasteiger partial charge in [0, 0.05) is 11.1 Å². The number of phenolic OH excluding ortho intramolecular Hbond substituents is 2. The Morgan fingerprint density at radius 3 is 1.07 bits per heavy atom. The molecule has 0 atom stereocenters. The van der Waals surface area contributed by atoms with Crippen LogP contribution in [-0.2, 0) is 10.8 Å². The van der Waals surface area contributed by atoms with Crippen LogP contribution in [0.25, 0.3) is 11.1 Å². The SMILES string of the molecule is CC(C)c1cc(-c2cc(C(C)C)c(O)c(C(C)(C)C)c2)cc(C(C)(C)C)c1O. The normalized spacial score (nSPS) is 12.9. The second kappa shape index (κ2) is 7.46. The van der Waals surface area contributed by atoms with Gasteiger partial charge in [-0.15, -0.1) is 0 Å². The molecule has 2 aromatic rings. The minimum Gasteiger partial charge on any atom is -0.507 e. The summed E-state index contributed by atoms with van der Waals surface area (Å²) in [6.07, 6.45) is 0. The minimum absolute atomic E-state index is 0.158. The van der Waals surface area contributed by atoms with Crippen molar-refractivity contribution in [2.45, 2.75) is 91.9 Å². The Morgan fingerprint density at radius 1 is 0.571 bits per heavy atom. The number of aromatic hydroxyl groups is 2. The highest BCUT2D eigenvalue weighted by molar-refractivity contribution is 5.72. The van der Waals surface area contributed by atoms with Crippen molar-refractivity contribution in [3.05, 3.63) is 46.5 Å². The Labute approximate surface area is 171 Å². The predicted molar refractivity (Wildman–Crippen MR) is 121 cm³/mol. The molecule has 0 amide bonds. The summed E-state index contributed by atoms with van der Waals surface area (Å²) in [5.41, 5.74) is 5.74. The van der Waals surface area contributed by atoms with Gasteiger partial charge in [0.1, 0.15) is 11.5 Å². The summed E-state index contributed by atoms with van der Waals surface area (Å²) in [6.45, 7) is 21.2. The van der Waals surface area contributed by atoms with E-state index in [1.165, 1.54) is 0 Å². The molecule has 0 unspecified atom stereocenters. The first-order valence-electron chi connectivity index (χ1n) is 10.4. The van der Waals surface area contributed by atoms with Gasteiger partial charge in [-0.1, -0.05) is 69.2 Å². The molecule has 2 heteroatoms. The highest BCUT2D eigenvalue weighted by Crippen LogP contribution is 2.43.